The molecule has 5 rings (SSSR count). The van der Waals surface area contributed by atoms with Crippen molar-refractivity contribution in [3.8, 4) is 22.9 Å². The van der Waals surface area contributed by atoms with E-state index >= 15 is 0 Å². The Bertz CT molecular complexity index is 1010. The lowest BCUT2D eigenvalue weighted by Gasteiger charge is -2.57. The molecule has 1 amide bonds. The van der Waals surface area contributed by atoms with Crippen LogP contribution in [0.25, 0.3) is 11.3 Å². The topological polar surface area (TPSA) is 79.8 Å². The van der Waals surface area contributed by atoms with Crippen LogP contribution in [-0.4, -0.2) is 84.7 Å². The van der Waals surface area contributed by atoms with E-state index in [1.165, 1.54) is 0 Å². The summed E-state index contributed by atoms with van der Waals surface area (Å²) in [5, 5.41) is 3.16. The Morgan fingerprint density at radius 1 is 1.21 bits per heavy atom. The zero-order valence-electron chi connectivity index (χ0n) is 19.7. The molecule has 1 aliphatic carbocycles. The number of pyridine rings is 2. The van der Waals surface area contributed by atoms with Gasteiger partial charge in [-0.2, -0.15) is 0 Å². The van der Waals surface area contributed by atoms with Gasteiger partial charge in [0, 0.05) is 37.3 Å². The molecule has 2 saturated heterocycles. The van der Waals surface area contributed by atoms with Crippen LogP contribution in [0.5, 0.6) is 11.6 Å². The van der Waals surface area contributed by atoms with Crippen molar-refractivity contribution >= 4 is 5.91 Å². The van der Waals surface area contributed by atoms with Crippen molar-refractivity contribution in [2.75, 3.05) is 46.9 Å². The largest absolute Gasteiger partial charge is 0.488 e. The summed E-state index contributed by atoms with van der Waals surface area (Å²) in [6.45, 7) is 6.52. The van der Waals surface area contributed by atoms with Gasteiger partial charge >= 0.3 is 0 Å². The number of likely N-dealkylation sites (N-methyl/N-ethyl adjacent to an activating group) is 1. The Balaban J connectivity index is 1.39. The fourth-order valence-corrected chi connectivity index (χ4v) is 5.52. The number of ether oxygens (including phenoxy) is 2. The minimum atomic E-state index is -0.189. The smallest absolute Gasteiger partial charge is 0.274 e. The molecule has 3 fully saturated rings. The molecule has 0 radical (unpaired) electrons. The van der Waals surface area contributed by atoms with Gasteiger partial charge in [0.25, 0.3) is 5.91 Å². The molecular formula is C25H33N5O3. The van der Waals surface area contributed by atoms with Crippen LogP contribution < -0.4 is 14.8 Å². The Kier molecular flexibility index (Phi) is 5.97. The van der Waals surface area contributed by atoms with Gasteiger partial charge < -0.3 is 24.6 Å². The highest BCUT2D eigenvalue weighted by Gasteiger charge is 2.52. The second-order valence-corrected chi connectivity index (χ2v) is 9.87. The highest BCUT2D eigenvalue weighted by Crippen LogP contribution is 2.49. The summed E-state index contributed by atoms with van der Waals surface area (Å²) in [5.41, 5.74) is 2.16. The van der Waals surface area contributed by atoms with Crippen molar-refractivity contribution < 1.29 is 14.3 Å². The molecule has 2 aromatic rings. The van der Waals surface area contributed by atoms with Crippen molar-refractivity contribution in [2.45, 2.75) is 38.3 Å². The maximum atomic E-state index is 13.3. The molecule has 3 aliphatic rings. The second-order valence-electron chi connectivity index (χ2n) is 9.87. The van der Waals surface area contributed by atoms with Crippen LogP contribution in [0, 0.1) is 5.41 Å². The van der Waals surface area contributed by atoms with Crippen LogP contribution in [0.2, 0.25) is 0 Å². The summed E-state index contributed by atoms with van der Waals surface area (Å²) in [6.07, 6.45) is 4.83. The number of nitrogens with one attached hydrogen (secondary N) is 1. The SMILES string of the molecule is CCOc1ncccc1-c1ccc(OC2CC3(C2)CN(C)C3)c(C(=O)NC2CCN(C)C2)n1. The third-order valence-corrected chi connectivity index (χ3v) is 6.95. The quantitative estimate of drug-likeness (QED) is 0.693. The lowest BCUT2D eigenvalue weighted by atomic mass is 9.62. The van der Waals surface area contributed by atoms with Crippen LogP contribution in [0.3, 0.4) is 0 Å². The molecule has 8 heteroatoms. The zero-order chi connectivity index (χ0) is 23.0. The van der Waals surface area contributed by atoms with E-state index in [2.05, 4.69) is 34.2 Å². The van der Waals surface area contributed by atoms with Gasteiger partial charge in [-0.25, -0.2) is 9.97 Å². The summed E-state index contributed by atoms with van der Waals surface area (Å²) < 4.78 is 12.0. The summed E-state index contributed by atoms with van der Waals surface area (Å²) in [6, 6.07) is 7.65. The Labute approximate surface area is 195 Å². The minimum Gasteiger partial charge on any atom is -0.488 e. The standard InChI is InChI=1S/C25H33N5O3/c1-4-32-24-19(6-5-10-26-24)20-7-8-21(33-18-12-25(13-18)15-30(3)16-25)22(28-20)23(31)27-17-9-11-29(2)14-17/h5-8,10,17-18H,4,9,11-16H2,1-3H3,(H,27,31). The molecule has 2 aliphatic heterocycles. The van der Waals surface area contributed by atoms with Crippen LogP contribution in [0.1, 0.15) is 36.7 Å². The normalized spacial score (nSPS) is 22.6. The molecule has 0 bridgehead atoms. The van der Waals surface area contributed by atoms with Crippen LogP contribution in [0.4, 0.5) is 0 Å². The molecule has 4 heterocycles. The van der Waals surface area contributed by atoms with E-state index in [1.54, 1.807) is 6.20 Å². The van der Waals surface area contributed by atoms with E-state index in [0.717, 1.165) is 51.0 Å². The highest BCUT2D eigenvalue weighted by molar-refractivity contribution is 5.96. The Morgan fingerprint density at radius 3 is 2.73 bits per heavy atom. The number of aromatic nitrogens is 2. The number of amides is 1. The van der Waals surface area contributed by atoms with Gasteiger partial charge in [-0.05, 0) is 71.1 Å². The van der Waals surface area contributed by atoms with E-state index in [-0.39, 0.29) is 18.1 Å². The molecule has 8 nitrogen and oxygen atoms in total. The number of carbonyl (C=O) groups excluding carboxylic acids is 1. The zero-order valence-corrected chi connectivity index (χ0v) is 19.7. The molecule has 1 saturated carbocycles. The minimum absolute atomic E-state index is 0.121. The first-order chi connectivity index (χ1) is 15.9. The van der Waals surface area contributed by atoms with Crippen molar-refractivity contribution in [3.05, 3.63) is 36.2 Å². The van der Waals surface area contributed by atoms with Gasteiger partial charge in [0.1, 0.15) is 6.10 Å². The third-order valence-electron chi connectivity index (χ3n) is 6.95. The first-order valence-corrected chi connectivity index (χ1v) is 11.9. The number of likely N-dealkylation sites (tertiary alicyclic amines) is 2. The molecule has 1 N–H and O–H groups in total. The van der Waals surface area contributed by atoms with E-state index in [0.29, 0.717) is 35.0 Å². The number of carbonyl (C=O) groups is 1. The van der Waals surface area contributed by atoms with Gasteiger partial charge in [0.15, 0.2) is 11.4 Å². The molecule has 176 valence electrons. The van der Waals surface area contributed by atoms with E-state index in [1.807, 2.05) is 31.2 Å². The summed E-state index contributed by atoms with van der Waals surface area (Å²) in [4.78, 5) is 27.0. The first-order valence-electron chi connectivity index (χ1n) is 11.9. The monoisotopic (exact) mass is 451 g/mol. The number of nitrogens with zero attached hydrogens (tertiary/aromatic N) is 4. The number of hydrogen-bond donors (Lipinski definition) is 1. The molecule has 0 aromatic carbocycles. The van der Waals surface area contributed by atoms with Crippen LogP contribution >= 0.6 is 0 Å². The molecule has 1 atom stereocenters. The summed E-state index contributed by atoms with van der Waals surface area (Å²) >= 11 is 0. The lowest BCUT2D eigenvalue weighted by molar-refractivity contribution is -0.109. The van der Waals surface area contributed by atoms with Gasteiger partial charge in [-0.1, -0.05) is 0 Å². The molecule has 1 spiro atoms. The average molecular weight is 452 g/mol. The fourth-order valence-electron chi connectivity index (χ4n) is 5.52. The Hall–Kier alpha value is -2.71. The van der Waals surface area contributed by atoms with Gasteiger partial charge in [0.2, 0.25) is 5.88 Å². The third kappa shape index (κ3) is 4.54. The van der Waals surface area contributed by atoms with E-state index in [9.17, 15) is 4.79 Å². The summed E-state index contributed by atoms with van der Waals surface area (Å²) in [7, 11) is 4.22. The molecule has 1 unspecified atom stereocenters. The van der Waals surface area contributed by atoms with Gasteiger partial charge in [-0.3, -0.25) is 4.79 Å². The van der Waals surface area contributed by atoms with Crippen LogP contribution in [0.15, 0.2) is 30.5 Å². The fraction of sp³-hybridized carbons (Fsp3) is 0.560. The molecule has 2 aromatic heterocycles. The number of hydrogen-bond acceptors (Lipinski definition) is 7. The van der Waals surface area contributed by atoms with E-state index in [4.69, 9.17) is 14.5 Å². The van der Waals surface area contributed by atoms with Crippen molar-refractivity contribution in [3.63, 3.8) is 0 Å². The lowest BCUT2D eigenvalue weighted by Crippen LogP contribution is -2.63. The van der Waals surface area contributed by atoms with Crippen molar-refractivity contribution in [2.24, 2.45) is 5.41 Å². The predicted molar refractivity (Wildman–Crippen MR) is 126 cm³/mol. The summed E-state index contributed by atoms with van der Waals surface area (Å²) in [5.74, 6) is 0.878. The van der Waals surface area contributed by atoms with Gasteiger partial charge in [-0.15, -0.1) is 0 Å². The van der Waals surface area contributed by atoms with Crippen LogP contribution in [-0.2, 0) is 0 Å². The number of rotatable bonds is 7. The average Bonchev–Trinajstić information content (AvgIpc) is 3.16. The highest BCUT2D eigenvalue weighted by atomic mass is 16.5. The molecular weight excluding hydrogens is 418 g/mol. The second kappa shape index (κ2) is 8.91. The van der Waals surface area contributed by atoms with Crippen molar-refractivity contribution in [1.82, 2.24) is 25.1 Å². The van der Waals surface area contributed by atoms with E-state index < -0.39 is 0 Å². The molecule has 33 heavy (non-hydrogen) atoms. The Morgan fingerprint density at radius 2 is 2.03 bits per heavy atom. The maximum absolute atomic E-state index is 13.3. The maximum Gasteiger partial charge on any atom is 0.274 e. The first kappa shape index (κ1) is 22.1. The predicted octanol–water partition coefficient (Wildman–Crippen LogP) is 2.45. The van der Waals surface area contributed by atoms with Gasteiger partial charge in [0.05, 0.1) is 17.9 Å². The van der Waals surface area contributed by atoms with Crippen molar-refractivity contribution in [1.29, 1.82) is 0 Å².